The minimum Gasteiger partial charge on any atom is -0.389 e. The number of allylic oxidation sites excluding steroid dienone is 4. The Morgan fingerprint density at radius 2 is 1.64 bits per heavy atom. The van der Waals surface area contributed by atoms with Crippen LogP contribution in [0, 0.1) is 12.8 Å². The summed E-state index contributed by atoms with van der Waals surface area (Å²) >= 11 is 0. The average molecular weight is 321 g/mol. The second-order valence-corrected chi connectivity index (χ2v) is 4.10. The van der Waals surface area contributed by atoms with Gasteiger partial charge in [-0.05, 0) is 25.8 Å². The molecule has 0 amide bonds. The van der Waals surface area contributed by atoms with Crippen LogP contribution < -0.4 is 0 Å². The van der Waals surface area contributed by atoms with E-state index in [4.69, 9.17) is 5.11 Å². The number of aliphatic hydroxyl groups excluding tert-OH is 1. The third-order valence-electron chi connectivity index (χ3n) is 2.29. The van der Waals surface area contributed by atoms with E-state index in [0.717, 1.165) is 5.70 Å². The molecule has 0 aliphatic heterocycles. The fourth-order valence-corrected chi connectivity index (χ4v) is 1.24. The first-order chi connectivity index (χ1) is 10.2. The zero-order chi connectivity index (χ0) is 18.3. The molecule has 1 aliphatic rings. The number of alkyl halides is 3. The molecule has 22 heavy (non-hydrogen) atoms. The van der Waals surface area contributed by atoms with Crippen molar-refractivity contribution in [3.63, 3.8) is 0 Å². The third kappa shape index (κ3) is 13.3. The van der Waals surface area contributed by atoms with Crippen molar-refractivity contribution in [2.75, 3.05) is 20.7 Å². The molecule has 3 nitrogen and oxygen atoms in total. The van der Waals surface area contributed by atoms with Crippen molar-refractivity contribution in [3.8, 4) is 12.8 Å². The Labute approximate surface area is 131 Å². The Kier molecular flexibility index (Phi) is 16.3. The van der Waals surface area contributed by atoms with Gasteiger partial charge in [0.15, 0.2) is 5.78 Å². The molecule has 6 heteroatoms. The van der Waals surface area contributed by atoms with E-state index in [1.807, 2.05) is 32.8 Å². The minimum absolute atomic E-state index is 0.0908. The Morgan fingerprint density at radius 3 is 1.82 bits per heavy atom. The Morgan fingerprint density at radius 1 is 1.23 bits per heavy atom. The zero-order valence-corrected chi connectivity index (χ0v) is 13.9. The van der Waals surface area contributed by atoms with Crippen LogP contribution in [0.3, 0.4) is 0 Å². The summed E-state index contributed by atoms with van der Waals surface area (Å²) in [6, 6.07) is 0. The lowest BCUT2D eigenvalue weighted by molar-refractivity contribution is -0.119. The Hall–Kier alpha value is -1.74. The van der Waals surface area contributed by atoms with Gasteiger partial charge in [0, 0.05) is 25.4 Å². The van der Waals surface area contributed by atoms with E-state index in [-0.39, 0.29) is 18.8 Å². The van der Waals surface area contributed by atoms with Gasteiger partial charge in [0.05, 0.1) is 0 Å². The molecule has 0 atom stereocenters. The van der Waals surface area contributed by atoms with Gasteiger partial charge in [-0.1, -0.05) is 19.9 Å². The molecule has 0 saturated carbocycles. The number of carbonyl (C=O) groups is 1. The fraction of sp³-hybridized carbons (Fsp3) is 0.562. The van der Waals surface area contributed by atoms with Crippen LogP contribution in [-0.4, -0.2) is 42.7 Å². The molecule has 128 valence electrons. The van der Waals surface area contributed by atoms with Crippen molar-refractivity contribution >= 4 is 5.78 Å². The second kappa shape index (κ2) is 14.2. The monoisotopic (exact) mass is 321 g/mol. The molecule has 1 N–H and O–H groups in total. The summed E-state index contributed by atoms with van der Waals surface area (Å²) < 4.78 is 36.5. The molecule has 0 radical (unpaired) electrons. The molecule has 0 spiro atoms. The van der Waals surface area contributed by atoms with Gasteiger partial charge in [0.2, 0.25) is 0 Å². The molecule has 0 bridgehead atoms. The second-order valence-electron chi connectivity index (χ2n) is 4.10. The highest BCUT2D eigenvalue weighted by Gasteiger charge is 2.33. The predicted molar refractivity (Wildman–Crippen MR) is 84.1 cm³/mol. The van der Waals surface area contributed by atoms with E-state index in [2.05, 4.69) is 12.8 Å². The van der Waals surface area contributed by atoms with Crippen LogP contribution in [0.4, 0.5) is 13.2 Å². The average Bonchev–Trinajstić information content (AvgIpc) is 2.51. The number of ketones is 1. The SMILES string of the molecule is C#C.CC.CC(=O)CO.CN(C)C1=CC=C(C(F)(F)F)CC1. The van der Waals surface area contributed by atoms with Crippen LogP contribution in [0.2, 0.25) is 0 Å². The highest BCUT2D eigenvalue weighted by atomic mass is 19.4. The summed E-state index contributed by atoms with van der Waals surface area (Å²) in [6.07, 6.45) is 7.10. The molecule has 0 heterocycles. The molecule has 0 aromatic heterocycles. The minimum atomic E-state index is -4.16. The third-order valence-corrected chi connectivity index (χ3v) is 2.29. The number of hydrogen-bond donors (Lipinski definition) is 1. The van der Waals surface area contributed by atoms with Gasteiger partial charge in [-0.3, -0.25) is 4.79 Å². The lowest BCUT2D eigenvalue weighted by Gasteiger charge is -2.21. The standard InChI is InChI=1S/C9H12F3N.C3H6O2.C2H6.C2H2/c1-13(2)8-5-3-7(4-6-8)9(10,11)12;1-3(5)2-4;2*1-2/h3,5H,4,6H2,1-2H3;4H,2H2,1H3;1-2H3;1-2H. The molecule has 0 aromatic carbocycles. The van der Waals surface area contributed by atoms with Crippen LogP contribution in [0.1, 0.15) is 33.6 Å². The predicted octanol–water partition coefficient (Wildman–Crippen LogP) is 3.56. The lowest BCUT2D eigenvalue weighted by atomic mass is 10.0. The van der Waals surface area contributed by atoms with Crippen molar-refractivity contribution in [2.45, 2.75) is 39.8 Å². The molecule has 1 aliphatic carbocycles. The Balaban J connectivity index is -0.000000338. The molecule has 0 saturated heterocycles. The lowest BCUT2D eigenvalue weighted by Crippen LogP contribution is -2.18. The molecule has 0 aromatic rings. The first-order valence-corrected chi connectivity index (χ1v) is 6.76. The normalized spacial score (nSPS) is 12.7. The number of carbonyl (C=O) groups excluding carboxylic acids is 1. The topological polar surface area (TPSA) is 40.5 Å². The zero-order valence-electron chi connectivity index (χ0n) is 13.9. The smallest absolute Gasteiger partial charge is 0.389 e. The quantitative estimate of drug-likeness (QED) is 0.791. The van der Waals surface area contributed by atoms with Crippen molar-refractivity contribution in [2.24, 2.45) is 0 Å². The summed E-state index contributed by atoms with van der Waals surface area (Å²) in [6.45, 7) is 5.00. The van der Waals surface area contributed by atoms with E-state index < -0.39 is 11.7 Å². The number of Topliss-reactive ketones (excluding diaryl/α,β-unsaturated/α-hetero) is 1. The van der Waals surface area contributed by atoms with Crippen LogP contribution in [-0.2, 0) is 4.79 Å². The number of terminal acetylenes is 1. The van der Waals surface area contributed by atoms with E-state index in [1.165, 1.54) is 19.1 Å². The van der Waals surface area contributed by atoms with Gasteiger partial charge in [0.1, 0.15) is 6.61 Å². The van der Waals surface area contributed by atoms with Gasteiger partial charge >= 0.3 is 6.18 Å². The van der Waals surface area contributed by atoms with E-state index in [0.29, 0.717) is 6.42 Å². The summed E-state index contributed by atoms with van der Waals surface area (Å²) in [5.74, 6) is -0.190. The van der Waals surface area contributed by atoms with Crippen LogP contribution in [0.25, 0.3) is 0 Å². The highest BCUT2D eigenvalue weighted by molar-refractivity contribution is 5.76. The van der Waals surface area contributed by atoms with Crippen molar-refractivity contribution in [3.05, 3.63) is 23.4 Å². The van der Waals surface area contributed by atoms with Gasteiger partial charge < -0.3 is 10.0 Å². The molecule has 0 unspecified atom stereocenters. The van der Waals surface area contributed by atoms with Crippen LogP contribution >= 0.6 is 0 Å². The summed E-state index contributed by atoms with van der Waals surface area (Å²) in [5.41, 5.74) is 0.506. The highest BCUT2D eigenvalue weighted by Crippen LogP contribution is 2.32. The molecular weight excluding hydrogens is 295 g/mol. The maximum absolute atomic E-state index is 12.2. The number of rotatable bonds is 2. The van der Waals surface area contributed by atoms with Crippen molar-refractivity contribution < 1.29 is 23.1 Å². The van der Waals surface area contributed by atoms with Gasteiger partial charge in [-0.25, -0.2) is 0 Å². The molecule has 0 fully saturated rings. The summed E-state index contributed by atoms with van der Waals surface area (Å²) in [7, 11) is 3.66. The number of hydrogen-bond acceptors (Lipinski definition) is 3. The van der Waals surface area contributed by atoms with E-state index >= 15 is 0 Å². The summed E-state index contributed by atoms with van der Waals surface area (Å²) in [4.78, 5) is 11.4. The molecule has 1 rings (SSSR count). The number of halogens is 3. The maximum Gasteiger partial charge on any atom is 0.412 e. The summed E-state index contributed by atoms with van der Waals surface area (Å²) in [5, 5.41) is 7.79. The fourth-order valence-electron chi connectivity index (χ4n) is 1.24. The van der Waals surface area contributed by atoms with Gasteiger partial charge in [-0.15, -0.1) is 12.8 Å². The first-order valence-electron chi connectivity index (χ1n) is 6.76. The van der Waals surface area contributed by atoms with E-state index in [9.17, 15) is 18.0 Å². The first kappa shape index (κ1) is 25.2. The largest absolute Gasteiger partial charge is 0.412 e. The number of nitrogens with zero attached hydrogens (tertiary/aromatic N) is 1. The number of aliphatic hydroxyl groups is 1. The maximum atomic E-state index is 12.2. The van der Waals surface area contributed by atoms with Crippen molar-refractivity contribution in [1.29, 1.82) is 0 Å². The molecular formula is C16H26F3NO2. The van der Waals surface area contributed by atoms with Crippen LogP contribution in [0.5, 0.6) is 0 Å². The van der Waals surface area contributed by atoms with E-state index in [1.54, 1.807) is 0 Å². The van der Waals surface area contributed by atoms with Gasteiger partial charge in [-0.2, -0.15) is 13.2 Å². The van der Waals surface area contributed by atoms with Crippen molar-refractivity contribution in [1.82, 2.24) is 4.90 Å². The van der Waals surface area contributed by atoms with Crippen LogP contribution in [0.15, 0.2) is 23.4 Å². The Bertz CT molecular complexity index is 381. The van der Waals surface area contributed by atoms with Gasteiger partial charge in [0.25, 0.3) is 0 Å².